The second-order valence-corrected chi connectivity index (χ2v) is 16.0. The Kier molecular flexibility index (Phi) is 7.60. The van der Waals surface area contributed by atoms with Crippen LogP contribution >= 0.6 is 62.2 Å². The number of fused-ring (bicyclic) bond motifs is 9. The van der Waals surface area contributed by atoms with Crippen molar-refractivity contribution in [1.82, 2.24) is 4.98 Å². The van der Waals surface area contributed by atoms with Crippen molar-refractivity contribution in [3.8, 4) is 5.75 Å². The molecule has 2 saturated carbocycles. The first-order valence-corrected chi connectivity index (χ1v) is 17.9. The number of carbonyl (C=O) groups excluding carboxylic acids is 3. The molecule has 0 spiro atoms. The van der Waals surface area contributed by atoms with E-state index in [0.29, 0.717) is 27.2 Å². The molecule has 3 fully saturated rings. The summed E-state index contributed by atoms with van der Waals surface area (Å²) < 4.78 is 7.01. The molecule has 13 heteroatoms. The third kappa shape index (κ3) is 4.93. The number of hydrogen-bond donors (Lipinski definition) is 2. The molecule has 2 N–H and O–H groups in total. The SMILES string of the molecule is O=C(COc1ccc(Cl)cc1[C@H]1c2sc(=O)[nH]c2SC2C1[C@H]1C[C@@H]2C2C(=O)N(c3ccc(Br)cc3)C(=O)C21)Nc1ccc(Cl)cc1. The summed E-state index contributed by atoms with van der Waals surface area (Å²) >= 11 is 18.7. The molecule has 0 radical (unpaired) electrons. The molecule has 8 nitrogen and oxygen atoms in total. The monoisotopic (exact) mass is 755 g/mol. The fourth-order valence-electron chi connectivity index (χ4n) is 7.98. The molecular weight excluding hydrogens is 733 g/mol. The van der Waals surface area contributed by atoms with E-state index < -0.39 is 11.8 Å². The summed E-state index contributed by atoms with van der Waals surface area (Å²) in [5, 5.41) is 4.63. The number of aromatic nitrogens is 1. The van der Waals surface area contributed by atoms with Crippen molar-refractivity contribution >= 4 is 91.3 Å². The van der Waals surface area contributed by atoms with Crippen LogP contribution in [0.5, 0.6) is 5.75 Å². The summed E-state index contributed by atoms with van der Waals surface area (Å²) in [5.74, 6) is -1.54. The predicted molar refractivity (Wildman–Crippen MR) is 182 cm³/mol. The highest BCUT2D eigenvalue weighted by Crippen LogP contribution is 2.69. The van der Waals surface area contributed by atoms with Gasteiger partial charge in [-0.15, -0.1) is 11.8 Å². The van der Waals surface area contributed by atoms with Gasteiger partial charge >= 0.3 is 4.87 Å². The molecule has 3 amide bonds. The van der Waals surface area contributed by atoms with Crippen molar-refractivity contribution in [2.24, 2.45) is 29.6 Å². The fraction of sp³-hybridized carbons (Fsp3) is 0.273. The zero-order valence-corrected chi connectivity index (χ0v) is 28.5. The van der Waals surface area contributed by atoms with Gasteiger partial charge in [-0.25, -0.2) is 0 Å². The Balaban J connectivity index is 1.14. The number of imide groups is 1. The maximum Gasteiger partial charge on any atom is 0.305 e. The summed E-state index contributed by atoms with van der Waals surface area (Å²) in [5.41, 5.74) is 1.92. The van der Waals surface area contributed by atoms with E-state index in [1.807, 2.05) is 18.2 Å². The summed E-state index contributed by atoms with van der Waals surface area (Å²) in [6, 6.07) is 19.3. The fourth-order valence-corrected chi connectivity index (χ4v) is 11.4. The van der Waals surface area contributed by atoms with E-state index in [9.17, 15) is 19.2 Å². The number of anilines is 2. The van der Waals surface area contributed by atoms with Crippen molar-refractivity contribution in [2.75, 3.05) is 16.8 Å². The van der Waals surface area contributed by atoms with Gasteiger partial charge in [-0.2, -0.15) is 0 Å². The maximum atomic E-state index is 14.0. The number of hydrogen-bond acceptors (Lipinski definition) is 7. The molecule has 46 heavy (non-hydrogen) atoms. The zero-order valence-electron chi connectivity index (χ0n) is 23.7. The van der Waals surface area contributed by atoms with Crippen LogP contribution in [0.4, 0.5) is 11.4 Å². The van der Waals surface area contributed by atoms with Gasteiger partial charge in [-0.1, -0.05) is 50.5 Å². The van der Waals surface area contributed by atoms with Crippen LogP contribution in [0.3, 0.4) is 0 Å². The third-order valence-corrected chi connectivity index (χ3v) is 13.2. The van der Waals surface area contributed by atoms with Crippen LogP contribution in [0, 0.1) is 29.6 Å². The van der Waals surface area contributed by atoms with Crippen molar-refractivity contribution in [2.45, 2.75) is 22.6 Å². The molecule has 4 aliphatic rings. The number of benzene rings is 3. The van der Waals surface area contributed by atoms with Crippen LogP contribution in [0.2, 0.25) is 10.0 Å². The molecule has 8 rings (SSSR count). The third-order valence-electron chi connectivity index (χ3n) is 9.60. The number of thiazole rings is 1. The number of aromatic amines is 1. The molecule has 234 valence electrons. The number of ether oxygens (including phenoxy) is 1. The molecule has 3 aromatic carbocycles. The van der Waals surface area contributed by atoms with Gasteiger partial charge in [0.15, 0.2) is 6.61 Å². The highest BCUT2D eigenvalue weighted by Gasteiger charge is 2.69. The lowest BCUT2D eigenvalue weighted by atomic mass is 9.68. The van der Waals surface area contributed by atoms with Crippen molar-refractivity contribution < 1.29 is 19.1 Å². The second kappa shape index (κ2) is 11.6. The van der Waals surface area contributed by atoms with Crippen LogP contribution in [-0.4, -0.2) is 34.6 Å². The van der Waals surface area contributed by atoms with Gasteiger partial charge in [-0.3, -0.25) is 24.1 Å². The van der Waals surface area contributed by atoms with Crippen LogP contribution in [0.15, 0.2) is 81.0 Å². The molecule has 4 aromatic rings. The number of nitrogens with one attached hydrogen (secondary N) is 2. The Morgan fingerprint density at radius 1 is 0.957 bits per heavy atom. The van der Waals surface area contributed by atoms with E-state index in [-0.39, 0.29) is 58.1 Å². The van der Waals surface area contributed by atoms with Gasteiger partial charge in [0.2, 0.25) is 11.8 Å². The van der Waals surface area contributed by atoms with E-state index in [1.54, 1.807) is 60.3 Å². The molecule has 3 heterocycles. The summed E-state index contributed by atoms with van der Waals surface area (Å²) in [6.07, 6.45) is 0.749. The number of carbonyl (C=O) groups is 3. The Morgan fingerprint density at radius 2 is 1.65 bits per heavy atom. The normalized spacial score (nSPS) is 27.4. The highest BCUT2D eigenvalue weighted by molar-refractivity contribution is 9.10. The first-order chi connectivity index (χ1) is 22.2. The molecule has 7 atom stereocenters. The van der Waals surface area contributed by atoms with Gasteiger partial charge in [-0.05, 0) is 90.9 Å². The molecule has 1 saturated heterocycles. The predicted octanol–water partition coefficient (Wildman–Crippen LogP) is 7.20. The number of H-pyrrole nitrogens is 1. The van der Waals surface area contributed by atoms with Gasteiger partial charge in [0.05, 0.1) is 22.5 Å². The first-order valence-electron chi connectivity index (χ1n) is 14.7. The maximum absolute atomic E-state index is 14.0. The highest BCUT2D eigenvalue weighted by atomic mass is 79.9. The lowest BCUT2D eigenvalue weighted by molar-refractivity contribution is -0.123. The number of rotatable bonds is 6. The minimum atomic E-state index is -0.448. The van der Waals surface area contributed by atoms with Gasteiger partial charge in [0.25, 0.3) is 5.91 Å². The molecule has 4 unspecified atom stereocenters. The van der Waals surface area contributed by atoms with Gasteiger partial charge in [0.1, 0.15) is 5.75 Å². The lowest BCUT2D eigenvalue weighted by Crippen LogP contribution is -2.42. The Hall–Kier alpha value is -3.09. The molecule has 1 aromatic heterocycles. The number of nitrogens with zero attached hydrogens (tertiary/aromatic N) is 1. The van der Waals surface area contributed by atoms with Gasteiger partial charge in [0, 0.05) is 41.8 Å². The van der Waals surface area contributed by atoms with E-state index in [1.165, 1.54) is 4.90 Å². The minimum absolute atomic E-state index is 0.00403. The smallest absolute Gasteiger partial charge is 0.305 e. The van der Waals surface area contributed by atoms with E-state index in [4.69, 9.17) is 27.9 Å². The molecule has 2 bridgehead atoms. The van der Waals surface area contributed by atoms with E-state index in [2.05, 4.69) is 26.2 Å². The first kappa shape index (κ1) is 30.3. The number of thioether (sulfide) groups is 1. The number of amides is 3. The second-order valence-electron chi connectivity index (χ2n) is 12.0. The average molecular weight is 758 g/mol. The minimum Gasteiger partial charge on any atom is -0.483 e. The zero-order chi connectivity index (χ0) is 31.9. The largest absolute Gasteiger partial charge is 0.483 e. The van der Waals surface area contributed by atoms with Crippen molar-refractivity contribution in [1.29, 1.82) is 0 Å². The topological polar surface area (TPSA) is 109 Å². The van der Waals surface area contributed by atoms with Crippen LogP contribution < -0.4 is 19.8 Å². The van der Waals surface area contributed by atoms with Crippen molar-refractivity contribution in [3.63, 3.8) is 0 Å². The molecule has 2 aliphatic heterocycles. The Morgan fingerprint density at radius 3 is 2.39 bits per heavy atom. The molecule has 2 aliphatic carbocycles. The summed E-state index contributed by atoms with van der Waals surface area (Å²) in [6.45, 7) is -0.255. The Bertz CT molecular complexity index is 1970. The van der Waals surface area contributed by atoms with Crippen LogP contribution in [0.25, 0.3) is 0 Å². The van der Waals surface area contributed by atoms with E-state index >= 15 is 0 Å². The standard InChI is InChI=1S/C33H24BrCl2N3O5S2/c34-14-1-8-18(9-2-14)39-31(41)26-20-12-21(27(26)32(39)42)28-25(20)24(29-30(45-28)38-33(43)46-29)19-11-16(36)5-10-22(19)44-13-23(40)37-17-6-3-15(35)4-7-17/h1-11,20-21,24-28H,12-13H2,(H,37,40)(H,38,43)/t20-,21-,24-,25?,26?,27?,28?/m1/s1. The van der Waals surface area contributed by atoms with Crippen LogP contribution in [-0.2, 0) is 14.4 Å². The summed E-state index contributed by atoms with van der Waals surface area (Å²) in [4.78, 5) is 58.6. The quantitative estimate of drug-likeness (QED) is 0.202. The van der Waals surface area contributed by atoms with Gasteiger partial charge < -0.3 is 15.0 Å². The molecular formula is C33H24BrCl2N3O5S2. The number of halogens is 3. The average Bonchev–Trinajstić information content (AvgIpc) is 3.77. The van der Waals surface area contributed by atoms with E-state index in [0.717, 1.165) is 37.7 Å². The Labute approximate surface area is 289 Å². The summed E-state index contributed by atoms with van der Waals surface area (Å²) in [7, 11) is 0. The van der Waals surface area contributed by atoms with Crippen LogP contribution in [0.1, 0.15) is 22.8 Å². The van der Waals surface area contributed by atoms with Crippen molar-refractivity contribution in [3.05, 3.63) is 101 Å². The lowest BCUT2D eigenvalue weighted by Gasteiger charge is -2.43.